The quantitative estimate of drug-likeness (QED) is 0.694. The van der Waals surface area contributed by atoms with Crippen molar-refractivity contribution in [2.24, 2.45) is 0 Å². The zero-order valence-electron chi connectivity index (χ0n) is 15.5. The maximum Gasteiger partial charge on any atom is 0.130 e. The molecule has 0 unspecified atom stereocenters. The van der Waals surface area contributed by atoms with Gasteiger partial charge in [-0.2, -0.15) is 0 Å². The van der Waals surface area contributed by atoms with Gasteiger partial charge in [0.25, 0.3) is 0 Å². The SMILES string of the molecule is COc1ccc([C@@H]2CCc3ccc(OC)c(CC=C(C)C)c3O2)cc1. The molecule has 25 heavy (non-hydrogen) atoms. The predicted octanol–water partition coefficient (Wildman–Crippen LogP) is 5.28. The number of ether oxygens (including phenoxy) is 3. The van der Waals surface area contributed by atoms with Gasteiger partial charge in [0.1, 0.15) is 23.4 Å². The molecule has 0 bridgehead atoms. The molecule has 1 aliphatic heterocycles. The van der Waals surface area contributed by atoms with E-state index in [1.54, 1.807) is 14.2 Å². The third-order valence-electron chi connectivity index (χ3n) is 4.66. The largest absolute Gasteiger partial charge is 0.497 e. The van der Waals surface area contributed by atoms with E-state index in [-0.39, 0.29) is 6.10 Å². The second kappa shape index (κ2) is 7.64. The van der Waals surface area contributed by atoms with Gasteiger partial charge in [-0.25, -0.2) is 0 Å². The van der Waals surface area contributed by atoms with Gasteiger partial charge >= 0.3 is 0 Å². The second-order valence-corrected chi connectivity index (χ2v) is 6.64. The lowest BCUT2D eigenvalue weighted by molar-refractivity contribution is 0.174. The number of methoxy groups -OCH3 is 2. The van der Waals surface area contributed by atoms with Gasteiger partial charge in [0.15, 0.2) is 0 Å². The Labute approximate surface area is 150 Å². The highest BCUT2D eigenvalue weighted by molar-refractivity contribution is 5.52. The van der Waals surface area contributed by atoms with E-state index in [0.717, 1.165) is 42.1 Å². The maximum absolute atomic E-state index is 6.45. The van der Waals surface area contributed by atoms with Crippen LogP contribution in [0.25, 0.3) is 0 Å². The maximum atomic E-state index is 6.45. The lowest BCUT2D eigenvalue weighted by Crippen LogP contribution is -2.17. The molecule has 0 spiro atoms. The standard InChI is InChI=1S/C22H26O3/c1-15(2)5-12-19-21(24-4)14-9-17-8-13-20(25-22(17)19)16-6-10-18(23-3)11-7-16/h5-7,9-11,14,20H,8,12-13H2,1-4H3/t20-/m0/s1. The Morgan fingerprint density at radius 3 is 2.48 bits per heavy atom. The Morgan fingerprint density at radius 1 is 1.08 bits per heavy atom. The Kier molecular flexibility index (Phi) is 5.32. The fourth-order valence-corrected chi connectivity index (χ4v) is 3.23. The van der Waals surface area contributed by atoms with E-state index in [1.165, 1.54) is 16.7 Å². The summed E-state index contributed by atoms with van der Waals surface area (Å²) in [5.41, 5.74) is 4.88. The van der Waals surface area contributed by atoms with E-state index < -0.39 is 0 Å². The number of hydrogen-bond acceptors (Lipinski definition) is 3. The molecule has 0 aromatic heterocycles. The van der Waals surface area contributed by atoms with Crippen LogP contribution in [0.1, 0.15) is 43.1 Å². The lowest BCUT2D eigenvalue weighted by atomic mass is 9.94. The minimum absolute atomic E-state index is 0.0657. The first-order chi connectivity index (χ1) is 12.1. The van der Waals surface area contributed by atoms with E-state index >= 15 is 0 Å². The molecule has 0 saturated heterocycles. The number of hydrogen-bond donors (Lipinski definition) is 0. The van der Waals surface area contributed by atoms with Gasteiger partial charge in [-0.3, -0.25) is 0 Å². The smallest absolute Gasteiger partial charge is 0.130 e. The van der Waals surface area contributed by atoms with Gasteiger partial charge in [-0.05, 0) is 62.4 Å². The van der Waals surface area contributed by atoms with Crippen molar-refractivity contribution in [2.45, 2.75) is 39.2 Å². The highest BCUT2D eigenvalue weighted by Gasteiger charge is 2.25. The molecule has 3 rings (SSSR count). The Bertz CT molecular complexity index is 756. The molecular formula is C22H26O3. The fourth-order valence-electron chi connectivity index (χ4n) is 3.23. The summed E-state index contributed by atoms with van der Waals surface area (Å²) in [4.78, 5) is 0. The van der Waals surface area contributed by atoms with Crippen LogP contribution in [-0.4, -0.2) is 14.2 Å². The first kappa shape index (κ1) is 17.4. The van der Waals surface area contributed by atoms with Crippen LogP contribution >= 0.6 is 0 Å². The van der Waals surface area contributed by atoms with Crippen LogP contribution in [0.15, 0.2) is 48.0 Å². The zero-order chi connectivity index (χ0) is 17.8. The third-order valence-corrected chi connectivity index (χ3v) is 4.66. The van der Waals surface area contributed by atoms with E-state index in [1.807, 2.05) is 12.1 Å². The van der Waals surface area contributed by atoms with Gasteiger partial charge < -0.3 is 14.2 Å². The monoisotopic (exact) mass is 338 g/mol. The fraction of sp³-hybridized carbons (Fsp3) is 0.364. The summed E-state index contributed by atoms with van der Waals surface area (Å²) in [6, 6.07) is 12.3. The Hall–Kier alpha value is -2.42. The Morgan fingerprint density at radius 2 is 1.84 bits per heavy atom. The zero-order valence-corrected chi connectivity index (χ0v) is 15.5. The normalized spacial score (nSPS) is 15.8. The first-order valence-electron chi connectivity index (χ1n) is 8.75. The number of allylic oxidation sites excluding steroid dienone is 2. The average Bonchev–Trinajstić information content (AvgIpc) is 2.65. The number of fused-ring (bicyclic) bond motifs is 1. The van der Waals surface area contributed by atoms with Crippen molar-refractivity contribution in [1.82, 2.24) is 0 Å². The lowest BCUT2D eigenvalue weighted by Gasteiger charge is -2.29. The first-order valence-corrected chi connectivity index (χ1v) is 8.75. The van der Waals surface area contributed by atoms with Crippen LogP contribution in [0, 0.1) is 0 Å². The van der Waals surface area contributed by atoms with Gasteiger partial charge in [0, 0.05) is 5.56 Å². The van der Waals surface area contributed by atoms with Gasteiger partial charge in [0.05, 0.1) is 14.2 Å². The van der Waals surface area contributed by atoms with Crippen LogP contribution in [0.2, 0.25) is 0 Å². The average molecular weight is 338 g/mol. The minimum Gasteiger partial charge on any atom is -0.497 e. The molecule has 0 fully saturated rings. The predicted molar refractivity (Wildman–Crippen MR) is 101 cm³/mol. The molecule has 132 valence electrons. The van der Waals surface area contributed by atoms with E-state index in [0.29, 0.717) is 0 Å². The van der Waals surface area contributed by atoms with Crippen molar-refractivity contribution in [3.63, 3.8) is 0 Å². The summed E-state index contributed by atoms with van der Waals surface area (Å²) >= 11 is 0. The van der Waals surface area contributed by atoms with Crippen molar-refractivity contribution < 1.29 is 14.2 Å². The molecule has 1 heterocycles. The summed E-state index contributed by atoms with van der Waals surface area (Å²) in [6.45, 7) is 4.23. The summed E-state index contributed by atoms with van der Waals surface area (Å²) in [5, 5.41) is 0. The third kappa shape index (κ3) is 3.81. The van der Waals surface area contributed by atoms with Gasteiger partial charge in [-0.1, -0.05) is 29.8 Å². The van der Waals surface area contributed by atoms with E-state index in [2.05, 4.69) is 44.2 Å². The van der Waals surface area contributed by atoms with Crippen molar-refractivity contribution in [1.29, 1.82) is 0 Å². The van der Waals surface area contributed by atoms with Crippen LogP contribution in [0.3, 0.4) is 0 Å². The number of aryl methyl sites for hydroxylation is 1. The molecule has 1 atom stereocenters. The topological polar surface area (TPSA) is 27.7 Å². The van der Waals surface area contributed by atoms with Crippen LogP contribution in [0.5, 0.6) is 17.2 Å². The van der Waals surface area contributed by atoms with Crippen molar-refractivity contribution in [2.75, 3.05) is 14.2 Å². The number of rotatable bonds is 5. The molecule has 2 aromatic carbocycles. The summed E-state index contributed by atoms with van der Waals surface area (Å²) in [5.74, 6) is 2.75. The highest BCUT2D eigenvalue weighted by Crippen LogP contribution is 2.41. The van der Waals surface area contributed by atoms with E-state index in [4.69, 9.17) is 14.2 Å². The molecule has 0 N–H and O–H groups in total. The minimum atomic E-state index is 0.0657. The molecule has 3 nitrogen and oxygen atoms in total. The van der Waals surface area contributed by atoms with Crippen molar-refractivity contribution in [3.05, 3.63) is 64.7 Å². The molecule has 0 amide bonds. The molecule has 2 aromatic rings. The molecule has 0 radical (unpaired) electrons. The highest BCUT2D eigenvalue weighted by atomic mass is 16.5. The molecule has 3 heteroatoms. The summed E-state index contributed by atoms with van der Waals surface area (Å²) in [7, 11) is 3.40. The van der Waals surface area contributed by atoms with Crippen molar-refractivity contribution in [3.8, 4) is 17.2 Å². The van der Waals surface area contributed by atoms with Gasteiger partial charge in [0.2, 0.25) is 0 Å². The van der Waals surface area contributed by atoms with Crippen LogP contribution < -0.4 is 14.2 Å². The van der Waals surface area contributed by atoms with Crippen LogP contribution in [0.4, 0.5) is 0 Å². The summed E-state index contributed by atoms with van der Waals surface area (Å²) in [6.07, 6.45) is 5.10. The van der Waals surface area contributed by atoms with Crippen molar-refractivity contribution >= 4 is 0 Å². The van der Waals surface area contributed by atoms with Crippen LogP contribution in [-0.2, 0) is 12.8 Å². The number of benzene rings is 2. The molecule has 1 aliphatic rings. The van der Waals surface area contributed by atoms with Gasteiger partial charge in [-0.15, -0.1) is 0 Å². The van der Waals surface area contributed by atoms with E-state index in [9.17, 15) is 0 Å². The summed E-state index contributed by atoms with van der Waals surface area (Å²) < 4.78 is 17.3. The second-order valence-electron chi connectivity index (χ2n) is 6.64. The molecule has 0 aliphatic carbocycles. The Balaban J connectivity index is 1.93. The molecule has 0 saturated carbocycles. The molecular weight excluding hydrogens is 312 g/mol.